The Morgan fingerprint density at radius 2 is 2.10 bits per heavy atom. The summed E-state index contributed by atoms with van der Waals surface area (Å²) in [7, 11) is 0. The Morgan fingerprint density at radius 1 is 1.25 bits per heavy atom. The minimum absolute atomic E-state index is 0.0650. The number of aromatic hydroxyl groups is 1. The summed E-state index contributed by atoms with van der Waals surface area (Å²) in [6, 6.07) is 9.79. The van der Waals surface area contributed by atoms with Crippen LogP contribution in [0.4, 0.5) is 11.4 Å². The van der Waals surface area contributed by atoms with Crippen LogP contribution in [0.3, 0.4) is 0 Å². The lowest BCUT2D eigenvalue weighted by Crippen LogP contribution is -2.13. The van der Waals surface area contributed by atoms with Gasteiger partial charge in [-0.1, -0.05) is 0 Å². The van der Waals surface area contributed by atoms with Crippen LogP contribution in [0.25, 0.3) is 0 Å². The van der Waals surface area contributed by atoms with E-state index in [0.717, 1.165) is 17.7 Å². The van der Waals surface area contributed by atoms with Crippen molar-refractivity contribution in [2.24, 2.45) is 0 Å². The van der Waals surface area contributed by atoms with Crippen LogP contribution < -0.4 is 15.8 Å². The number of fused-ring (bicyclic) bond motifs is 1. The van der Waals surface area contributed by atoms with Gasteiger partial charge in [0.15, 0.2) is 0 Å². The minimum atomic E-state index is -0.239. The number of carbonyl (C=O) groups is 1. The maximum absolute atomic E-state index is 12.2. The van der Waals surface area contributed by atoms with Crippen LogP contribution in [0, 0.1) is 0 Å². The summed E-state index contributed by atoms with van der Waals surface area (Å²) in [5.41, 5.74) is 8.14. The van der Waals surface area contributed by atoms with Gasteiger partial charge in [-0.05, 0) is 35.9 Å². The average molecular weight is 270 g/mol. The molecule has 0 fully saturated rings. The molecule has 4 N–H and O–H groups in total. The van der Waals surface area contributed by atoms with E-state index in [1.807, 2.05) is 6.07 Å². The quantitative estimate of drug-likeness (QED) is 0.576. The standard InChI is InChI=1S/C15H14N2O3/c16-12-8-11(18)2-3-13(12)17-15(19)10-1-4-14-9(7-10)5-6-20-14/h1-4,7-8,18H,5-6,16H2,(H,17,19). The van der Waals surface area contributed by atoms with Crippen molar-refractivity contribution in [2.75, 3.05) is 17.7 Å². The van der Waals surface area contributed by atoms with E-state index in [-0.39, 0.29) is 11.7 Å². The predicted octanol–water partition coefficient (Wildman–Crippen LogP) is 2.16. The largest absolute Gasteiger partial charge is 0.508 e. The molecule has 0 saturated carbocycles. The van der Waals surface area contributed by atoms with Crippen LogP contribution in [0.1, 0.15) is 15.9 Å². The molecule has 1 aliphatic heterocycles. The molecule has 0 bridgehead atoms. The van der Waals surface area contributed by atoms with E-state index in [4.69, 9.17) is 10.5 Å². The smallest absolute Gasteiger partial charge is 0.255 e. The van der Waals surface area contributed by atoms with E-state index in [9.17, 15) is 9.90 Å². The van der Waals surface area contributed by atoms with E-state index in [2.05, 4.69) is 5.32 Å². The number of nitrogens with one attached hydrogen (secondary N) is 1. The number of ether oxygens (including phenoxy) is 1. The zero-order valence-electron chi connectivity index (χ0n) is 10.7. The SMILES string of the molecule is Nc1cc(O)ccc1NC(=O)c1ccc2c(c1)CCO2. The van der Waals surface area contributed by atoms with Gasteiger partial charge < -0.3 is 20.9 Å². The molecule has 0 spiro atoms. The van der Waals surface area contributed by atoms with E-state index < -0.39 is 0 Å². The highest BCUT2D eigenvalue weighted by molar-refractivity contribution is 6.06. The molecule has 1 amide bonds. The van der Waals surface area contributed by atoms with Crippen molar-refractivity contribution < 1.29 is 14.6 Å². The van der Waals surface area contributed by atoms with E-state index in [0.29, 0.717) is 23.5 Å². The number of benzene rings is 2. The van der Waals surface area contributed by atoms with Gasteiger partial charge >= 0.3 is 0 Å². The normalized spacial score (nSPS) is 12.6. The zero-order valence-corrected chi connectivity index (χ0v) is 10.7. The Balaban J connectivity index is 1.82. The van der Waals surface area contributed by atoms with E-state index >= 15 is 0 Å². The number of phenolic OH excluding ortho intramolecular Hbond substituents is 1. The number of phenols is 1. The van der Waals surface area contributed by atoms with Crippen molar-refractivity contribution in [1.29, 1.82) is 0 Å². The van der Waals surface area contributed by atoms with Gasteiger partial charge in [-0.15, -0.1) is 0 Å². The molecule has 0 aliphatic carbocycles. The van der Waals surface area contributed by atoms with E-state index in [1.165, 1.54) is 12.1 Å². The van der Waals surface area contributed by atoms with Crippen LogP contribution in [0.5, 0.6) is 11.5 Å². The van der Waals surface area contributed by atoms with Gasteiger partial charge in [-0.25, -0.2) is 0 Å². The molecule has 0 saturated heterocycles. The first-order chi connectivity index (χ1) is 9.63. The number of rotatable bonds is 2. The molecule has 0 unspecified atom stereocenters. The molecule has 0 aromatic heterocycles. The fraction of sp³-hybridized carbons (Fsp3) is 0.133. The molecule has 5 heteroatoms. The summed E-state index contributed by atoms with van der Waals surface area (Å²) in [6.45, 7) is 0.658. The van der Waals surface area contributed by atoms with E-state index in [1.54, 1.807) is 18.2 Å². The van der Waals surface area contributed by atoms with Crippen molar-refractivity contribution in [3.05, 3.63) is 47.5 Å². The highest BCUT2D eigenvalue weighted by Gasteiger charge is 2.15. The molecule has 20 heavy (non-hydrogen) atoms. The lowest BCUT2D eigenvalue weighted by Gasteiger charge is -2.09. The Morgan fingerprint density at radius 3 is 2.90 bits per heavy atom. The minimum Gasteiger partial charge on any atom is -0.508 e. The van der Waals surface area contributed by atoms with Crippen molar-refractivity contribution in [3.63, 3.8) is 0 Å². The van der Waals surface area contributed by atoms with Gasteiger partial charge in [0.25, 0.3) is 5.91 Å². The number of anilines is 2. The number of nitrogens with two attached hydrogens (primary N) is 1. The second-order valence-electron chi connectivity index (χ2n) is 4.65. The molecule has 102 valence electrons. The molecule has 1 aliphatic rings. The maximum atomic E-state index is 12.2. The third-order valence-corrected chi connectivity index (χ3v) is 3.23. The van der Waals surface area contributed by atoms with Gasteiger partial charge in [0, 0.05) is 18.1 Å². The number of amides is 1. The van der Waals surface area contributed by atoms with Crippen LogP contribution in [0.15, 0.2) is 36.4 Å². The Bertz CT molecular complexity index is 683. The fourth-order valence-corrected chi connectivity index (χ4v) is 2.19. The topological polar surface area (TPSA) is 84.6 Å². The van der Waals surface area contributed by atoms with Crippen LogP contribution in [-0.2, 0) is 6.42 Å². The van der Waals surface area contributed by atoms with Gasteiger partial charge in [0.05, 0.1) is 18.0 Å². The Labute approximate surface area is 116 Å². The van der Waals surface area contributed by atoms with Gasteiger partial charge in [0.2, 0.25) is 0 Å². The molecular weight excluding hydrogens is 256 g/mol. The Hall–Kier alpha value is -2.69. The number of hydrogen-bond acceptors (Lipinski definition) is 4. The predicted molar refractivity (Wildman–Crippen MR) is 76.1 cm³/mol. The molecule has 2 aromatic rings. The number of nitrogen functional groups attached to an aromatic ring is 1. The van der Waals surface area contributed by atoms with Crippen molar-refractivity contribution >= 4 is 17.3 Å². The third-order valence-electron chi connectivity index (χ3n) is 3.23. The first-order valence-electron chi connectivity index (χ1n) is 6.29. The summed E-state index contributed by atoms with van der Waals surface area (Å²) >= 11 is 0. The monoisotopic (exact) mass is 270 g/mol. The summed E-state index contributed by atoms with van der Waals surface area (Å²) < 4.78 is 5.40. The number of carbonyl (C=O) groups excluding carboxylic acids is 1. The lowest BCUT2D eigenvalue weighted by atomic mass is 10.1. The second-order valence-corrected chi connectivity index (χ2v) is 4.65. The molecule has 3 rings (SSSR count). The van der Waals surface area contributed by atoms with Gasteiger partial charge in [-0.2, -0.15) is 0 Å². The zero-order chi connectivity index (χ0) is 14.1. The average Bonchev–Trinajstić information content (AvgIpc) is 2.89. The highest BCUT2D eigenvalue weighted by Crippen LogP contribution is 2.27. The summed E-state index contributed by atoms with van der Waals surface area (Å²) in [5, 5.41) is 12.0. The summed E-state index contributed by atoms with van der Waals surface area (Å²) in [5.74, 6) is 0.665. The lowest BCUT2D eigenvalue weighted by molar-refractivity contribution is 0.102. The highest BCUT2D eigenvalue weighted by atomic mass is 16.5. The van der Waals surface area contributed by atoms with Gasteiger partial charge in [-0.3, -0.25) is 4.79 Å². The van der Waals surface area contributed by atoms with Crippen molar-refractivity contribution in [1.82, 2.24) is 0 Å². The van der Waals surface area contributed by atoms with Gasteiger partial charge in [0.1, 0.15) is 11.5 Å². The molecular formula is C15H14N2O3. The van der Waals surface area contributed by atoms with Crippen molar-refractivity contribution in [2.45, 2.75) is 6.42 Å². The molecule has 2 aromatic carbocycles. The fourth-order valence-electron chi connectivity index (χ4n) is 2.19. The molecule has 5 nitrogen and oxygen atoms in total. The summed E-state index contributed by atoms with van der Waals surface area (Å²) in [6.07, 6.45) is 0.817. The van der Waals surface area contributed by atoms with Crippen LogP contribution in [-0.4, -0.2) is 17.6 Å². The third kappa shape index (κ3) is 2.25. The molecule has 0 atom stereocenters. The van der Waals surface area contributed by atoms with Crippen LogP contribution in [0.2, 0.25) is 0 Å². The Kier molecular flexibility index (Phi) is 2.95. The first kappa shape index (κ1) is 12.3. The van der Waals surface area contributed by atoms with Crippen LogP contribution >= 0.6 is 0 Å². The summed E-state index contributed by atoms with van der Waals surface area (Å²) in [4.78, 5) is 12.2. The number of hydrogen-bond donors (Lipinski definition) is 3. The second kappa shape index (κ2) is 4.77. The molecule has 0 radical (unpaired) electrons. The van der Waals surface area contributed by atoms with Crippen molar-refractivity contribution in [3.8, 4) is 11.5 Å². The maximum Gasteiger partial charge on any atom is 0.255 e. The molecule has 1 heterocycles. The first-order valence-corrected chi connectivity index (χ1v) is 6.29.